The molecular formula is C16H22ClNO2. The lowest BCUT2D eigenvalue weighted by Crippen LogP contribution is -2.36. The zero-order chi connectivity index (χ0) is 14.4. The summed E-state index contributed by atoms with van der Waals surface area (Å²) < 4.78 is 0. The Morgan fingerprint density at radius 1 is 1.25 bits per heavy atom. The number of carbonyl (C=O) groups is 1. The van der Waals surface area contributed by atoms with Crippen molar-refractivity contribution >= 4 is 17.5 Å². The summed E-state index contributed by atoms with van der Waals surface area (Å²) >= 11 is 6.18. The lowest BCUT2D eigenvalue weighted by Gasteiger charge is -2.30. The Morgan fingerprint density at radius 3 is 2.55 bits per heavy atom. The van der Waals surface area contributed by atoms with Gasteiger partial charge in [-0.3, -0.25) is 4.79 Å². The van der Waals surface area contributed by atoms with Crippen molar-refractivity contribution in [3.63, 3.8) is 0 Å². The van der Waals surface area contributed by atoms with E-state index in [1.165, 1.54) is 12.8 Å². The van der Waals surface area contributed by atoms with Gasteiger partial charge in [-0.05, 0) is 30.2 Å². The molecule has 1 saturated carbocycles. The molecule has 2 rings (SSSR count). The smallest absolute Gasteiger partial charge is 0.242 e. The average Bonchev–Trinajstić information content (AvgIpc) is 2.53. The Bertz CT molecular complexity index is 424. The molecule has 1 aromatic rings. The molecule has 0 heterocycles. The second-order valence-electron chi connectivity index (χ2n) is 5.51. The molecule has 0 aliphatic heterocycles. The maximum absolute atomic E-state index is 12.1. The van der Waals surface area contributed by atoms with Crippen LogP contribution in [0.1, 0.15) is 36.6 Å². The van der Waals surface area contributed by atoms with Crippen molar-refractivity contribution in [2.24, 2.45) is 11.8 Å². The number of aliphatic hydroxyl groups is 1. The molecule has 3 unspecified atom stereocenters. The normalized spacial score (nSPS) is 24.1. The van der Waals surface area contributed by atoms with Gasteiger partial charge < -0.3 is 10.4 Å². The highest BCUT2D eigenvalue weighted by Gasteiger charge is 2.26. The van der Waals surface area contributed by atoms with E-state index in [4.69, 9.17) is 11.6 Å². The number of hydrogen-bond donors (Lipinski definition) is 2. The van der Waals surface area contributed by atoms with Crippen molar-refractivity contribution < 1.29 is 9.90 Å². The van der Waals surface area contributed by atoms with Gasteiger partial charge in [-0.25, -0.2) is 0 Å². The van der Waals surface area contributed by atoms with Gasteiger partial charge in [0.05, 0.1) is 0 Å². The summed E-state index contributed by atoms with van der Waals surface area (Å²) in [5, 5.41) is 11.7. The van der Waals surface area contributed by atoms with E-state index in [1.807, 2.05) is 30.3 Å². The highest BCUT2D eigenvalue weighted by molar-refractivity contribution is 6.30. The lowest BCUT2D eigenvalue weighted by atomic mass is 9.79. The van der Waals surface area contributed by atoms with Crippen molar-refractivity contribution in [1.29, 1.82) is 0 Å². The van der Waals surface area contributed by atoms with Gasteiger partial charge in [0.15, 0.2) is 0 Å². The Balaban J connectivity index is 1.85. The fourth-order valence-corrected chi connectivity index (χ4v) is 3.11. The summed E-state index contributed by atoms with van der Waals surface area (Å²) in [6.07, 6.45) is 4.49. The topological polar surface area (TPSA) is 49.3 Å². The van der Waals surface area contributed by atoms with Gasteiger partial charge >= 0.3 is 0 Å². The summed E-state index contributed by atoms with van der Waals surface area (Å²) in [7, 11) is 0. The summed E-state index contributed by atoms with van der Waals surface area (Å²) in [4.78, 5) is 12.1. The average molecular weight is 296 g/mol. The van der Waals surface area contributed by atoms with Crippen LogP contribution >= 0.6 is 11.6 Å². The molecule has 4 heteroatoms. The number of rotatable bonds is 5. The second-order valence-corrected chi connectivity index (χ2v) is 5.94. The zero-order valence-corrected chi connectivity index (χ0v) is 12.4. The monoisotopic (exact) mass is 295 g/mol. The van der Waals surface area contributed by atoms with Crippen LogP contribution in [-0.2, 0) is 4.79 Å². The molecule has 3 nitrogen and oxygen atoms in total. The molecule has 1 amide bonds. The number of halogens is 1. The van der Waals surface area contributed by atoms with E-state index in [1.54, 1.807) is 0 Å². The van der Waals surface area contributed by atoms with Gasteiger partial charge in [0, 0.05) is 13.2 Å². The summed E-state index contributed by atoms with van der Waals surface area (Å²) in [5.41, 5.74) is 0.814. The maximum atomic E-state index is 12.1. The van der Waals surface area contributed by atoms with Crippen LogP contribution in [-0.4, -0.2) is 24.2 Å². The van der Waals surface area contributed by atoms with E-state index in [0.717, 1.165) is 18.4 Å². The molecule has 1 aliphatic carbocycles. The predicted molar refractivity (Wildman–Crippen MR) is 80.6 cm³/mol. The van der Waals surface area contributed by atoms with Crippen molar-refractivity contribution in [2.75, 3.05) is 13.2 Å². The third-order valence-electron chi connectivity index (χ3n) is 4.16. The van der Waals surface area contributed by atoms with Gasteiger partial charge in [0.2, 0.25) is 5.91 Å². The molecular weight excluding hydrogens is 274 g/mol. The van der Waals surface area contributed by atoms with Gasteiger partial charge in [0.25, 0.3) is 0 Å². The number of benzene rings is 1. The first-order valence-electron chi connectivity index (χ1n) is 7.30. The summed E-state index contributed by atoms with van der Waals surface area (Å²) in [5.74, 6) is 0.534. The van der Waals surface area contributed by atoms with Crippen molar-refractivity contribution in [3.8, 4) is 0 Å². The van der Waals surface area contributed by atoms with E-state index in [2.05, 4.69) is 5.32 Å². The van der Waals surface area contributed by atoms with Crippen LogP contribution in [0, 0.1) is 11.8 Å². The molecule has 1 fully saturated rings. The van der Waals surface area contributed by atoms with Crippen LogP contribution < -0.4 is 5.32 Å². The fourth-order valence-electron chi connectivity index (χ4n) is 2.89. The number of carbonyl (C=O) groups excluding carboxylic acids is 1. The van der Waals surface area contributed by atoms with Gasteiger partial charge in [-0.1, -0.05) is 43.2 Å². The molecule has 0 spiro atoms. The van der Waals surface area contributed by atoms with Crippen LogP contribution in [0.4, 0.5) is 0 Å². The van der Waals surface area contributed by atoms with Crippen molar-refractivity contribution in [3.05, 3.63) is 35.9 Å². The molecule has 0 radical (unpaired) electrons. The summed E-state index contributed by atoms with van der Waals surface area (Å²) in [6.45, 7) is 0.823. The van der Waals surface area contributed by atoms with Crippen LogP contribution in [0.15, 0.2) is 30.3 Å². The quantitative estimate of drug-likeness (QED) is 0.821. The maximum Gasteiger partial charge on any atom is 0.242 e. The number of alkyl halides is 1. The molecule has 3 atom stereocenters. The van der Waals surface area contributed by atoms with E-state index in [9.17, 15) is 9.90 Å². The Morgan fingerprint density at radius 2 is 1.90 bits per heavy atom. The van der Waals surface area contributed by atoms with Crippen molar-refractivity contribution in [2.45, 2.75) is 31.1 Å². The van der Waals surface area contributed by atoms with Crippen LogP contribution in [0.3, 0.4) is 0 Å². The lowest BCUT2D eigenvalue weighted by molar-refractivity contribution is -0.121. The predicted octanol–water partition coefficient (Wildman–Crippen LogP) is 2.88. The number of amides is 1. The second kappa shape index (κ2) is 7.65. The molecule has 2 N–H and O–H groups in total. The first-order valence-corrected chi connectivity index (χ1v) is 7.73. The van der Waals surface area contributed by atoms with E-state index >= 15 is 0 Å². The third-order valence-corrected chi connectivity index (χ3v) is 4.61. The Labute approximate surface area is 125 Å². The van der Waals surface area contributed by atoms with E-state index in [-0.39, 0.29) is 12.5 Å². The number of aliphatic hydroxyl groups excluding tert-OH is 1. The minimum atomic E-state index is -0.646. The largest absolute Gasteiger partial charge is 0.396 e. The van der Waals surface area contributed by atoms with Crippen LogP contribution in [0.5, 0.6) is 0 Å². The molecule has 20 heavy (non-hydrogen) atoms. The highest BCUT2D eigenvalue weighted by Crippen LogP contribution is 2.29. The van der Waals surface area contributed by atoms with E-state index < -0.39 is 5.38 Å². The number of hydrogen-bond acceptors (Lipinski definition) is 2. The minimum absolute atomic E-state index is 0.153. The SMILES string of the molecule is O=C(NCC1CCCCC1CO)C(Cl)c1ccccc1. The van der Waals surface area contributed by atoms with Crippen LogP contribution in [0.2, 0.25) is 0 Å². The standard InChI is InChI=1S/C16H22ClNO2/c17-15(12-6-2-1-3-7-12)16(20)18-10-13-8-4-5-9-14(13)11-19/h1-3,6-7,13-15,19H,4-5,8-11H2,(H,18,20). The van der Waals surface area contributed by atoms with Crippen molar-refractivity contribution in [1.82, 2.24) is 5.32 Å². The van der Waals surface area contributed by atoms with Gasteiger partial charge in [-0.15, -0.1) is 11.6 Å². The first-order chi connectivity index (χ1) is 9.72. The van der Waals surface area contributed by atoms with E-state index in [0.29, 0.717) is 18.4 Å². The summed E-state index contributed by atoms with van der Waals surface area (Å²) in [6, 6.07) is 9.36. The molecule has 0 aromatic heterocycles. The molecule has 110 valence electrons. The van der Waals surface area contributed by atoms with Gasteiger partial charge in [-0.2, -0.15) is 0 Å². The molecule has 0 bridgehead atoms. The zero-order valence-electron chi connectivity index (χ0n) is 11.6. The Hall–Kier alpha value is -1.06. The Kier molecular flexibility index (Phi) is 5.86. The molecule has 1 aromatic carbocycles. The first kappa shape index (κ1) is 15.3. The molecule has 0 saturated heterocycles. The van der Waals surface area contributed by atoms with Crippen LogP contribution in [0.25, 0.3) is 0 Å². The minimum Gasteiger partial charge on any atom is -0.396 e. The third kappa shape index (κ3) is 3.97. The fraction of sp³-hybridized carbons (Fsp3) is 0.562. The van der Waals surface area contributed by atoms with Gasteiger partial charge in [0.1, 0.15) is 5.38 Å². The highest BCUT2D eigenvalue weighted by atomic mass is 35.5. The molecule has 1 aliphatic rings. The number of nitrogens with one attached hydrogen (secondary N) is 1.